The van der Waals surface area contributed by atoms with Crippen molar-refractivity contribution < 1.29 is 0 Å². The van der Waals surface area contributed by atoms with Gasteiger partial charge in [0.25, 0.3) is 0 Å². The first kappa shape index (κ1) is 19.6. The van der Waals surface area contributed by atoms with E-state index in [1.807, 2.05) is 6.08 Å². The number of rotatable bonds is 9. The molecule has 0 saturated heterocycles. The fourth-order valence-electron chi connectivity index (χ4n) is 2.20. The summed E-state index contributed by atoms with van der Waals surface area (Å²) >= 11 is 0. The molecule has 0 aliphatic heterocycles. The molecule has 0 aromatic rings. The molecule has 118 valence electrons. The van der Waals surface area contributed by atoms with Crippen LogP contribution in [0.3, 0.4) is 0 Å². The van der Waals surface area contributed by atoms with Crippen LogP contribution in [0.2, 0.25) is 0 Å². The maximum Gasteiger partial charge on any atom is 0.114 e. The molecule has 0 fully saturated rings. The van der Waals surface area contributed by atoms with Crippen LogP contribution in [0, 0.1) is 22.7 Å². The zero-order valence-electron chi connectivity index (χ0n) is 14.4. The summed E-state index contributed by atoms with van der Waals surface area (Å²) in [7, 11) is 0. The minimum absolute atomic E-state index is 0.0198. The van der Waals surface area contributed by atoms with Crippen molar-refractivity contribution in [2.45, 2.75) is 79.2 Å². The first-order valence-corrected chi connectivity index (χ1v) is 7.97. The molecule has 2 heteroatoms. The number of terminal acetylenes is 1. The van der Waals surface area contributed by atoms with Crippen molar-refractivity contribution in [2.75, 3.05) is 0 Å². The third-order valence-corrected chi connectivity index (χ3v) is 3.62. The third-order valence-electron chi connectivity index (χ3n) is 3.62. The number of hydrogen-bond donors (Lipinski definition) is 0. The smallest absolute Gasteiger partial charge is 0.114 e. The molecule has 0 aromatic carbocycles. The van der Waals surface area contributed by atoms with Crippen molar-refractivity contribution in [3.63, 3.8) is 0 Å². The predicted octanol–water partition coefficient (Wildman–Crippen LogP) is 6.03. The lowest BCUT2D eigenvalue weighted by atomic mass is 9.83. The van der Waals surface area contributed by atoms with Gasteiger partial charge in [0.05, 0.1) is 0 Å². The summed E-state index contributed by atoms with van der Waals surface area (Å²) < 4.78 is 0. The first-order valence-electron chi connectivity index (χ1n) is 7.97. The summed E-state index contributed by atoms with van der Waals surface area (Å²) in [6.07, 6.45) is 15.7. The lowest BCUT2D eigenvalue weighted by molar-refractivity contribution is 0.490. The summed E-state index contributed by atoms with van der Waals surface area (Å²) in [6, 6.07) is -0.310. The van der Waals surface area contributed by atoms with Crippen LogP contribution in [0.1, 0.15) is 73.1 Å². The van der Waals surface area contributed by atoms with Gasteiger partial charge in [-0.2, -0.15) is 4.91 Å². The Morgan fingerprint density at radius 2 is 2.00 bits per heavy atom. The van der Waals surface area contributed by atoms with Gasteiger partial charge in [-0.1, -0.05) is 69.0 Å². The molecule has 0 amide bonds. The molecule has 0 radical (unpaired) electrons. The molecule has 0 saturated carbocycles. The van der Waals surface area contributed by atoms with E-state index < -0.39 is 0 Å². The molecule has 1 atom stereocenters. The Kier molecular flexibility index (Phi) is 9.71. The third kappa shape index (κ3) is 9.24. The van der Waals surface area contributed by atoms with Gasteiger partial charge in [-0.3, -0.25) is 0 Å². The average Bonchev–Trinajstić information content (AvgIpc) is 2.41. The van der Waals surface area contributed by atoms with E-state index in [2.05, 4.69) is 51.8 Å². The Morgan fingerprint density at radius 3 is 2.48 bits per heavy atom. The fraction of sp³-hybridized carbons (Fsp3) is 0.684. The summed E-state index contributed by atoms with van der Waals surface area (Å²) in [4.78, 5) is 11.1. The quantitative estimate of drug-likeness (QED) is 0.220. The maximum absolute atomic E-state index is 11.1. The van der Waals surface area contributed by atoms with E-state index in [1.165, 1.54) is 24.8 Å². The maximum atomic E-state index is 11.1. The highest BCUT2D eigenvalue weighted by atomic mass is 16.3. The summed E-state index contributed by atoms with van der Waals surface area (Å²) in [6.45, 7) is 10.6. The minimum atomic E-state index is -0.310. The zero-order chi connectivity index (χ0) is 16.3. The SMILES string of the molecule is C#CCC(=CC(C/C(C)=C\CCCCC)N=O)C(C)(C)C. The number of nitroso groups, excluding NO2 is 1. The normalized spacial score (nSPS) is 14.7. The van der Waals surface area contributed by atoms with Crippen LogP contribution in [0.4, 0.5) is 0 Å². The summed E-state index contributed by atoms with van der Waals surface area (Å²) in [5, 5.41) is 3.27. The minimum Gasteiger partial charge on any atom is -0.150 e. The van der Waals surface area contributed by atoms with Gasteiger partial charge in [-0.15, -0.1) is 12.3 Å². The lowest BCUT2D eigenvalue weighted by Crippen LogP contribution is -2.12. The van der Waals surface area contributed by atoms with E-state index in [0.717, 1.165) is 12.0 Å². The highest BCUT2D eigenvalue weighted by molar-refractivity contribution is 5.21. The molecule has 0 aromatic heterocycles. The topological polar surface area (TPSA) is 29.4 Å². The van der Waals surface area contributed by atoms with Crippen LogP contribution in [0.15, 0.2) is 28.5 Å². The molecule has 0 bridgehead atoms. The molecule has 0 spiro atoms. The fourth-order valence-corrected chi connectivity index (χ4v) is 2.20. The van der Waals surface area contributed by atoms with Gasteiger partial charge >= 0.3 is 0 Å². The zero-order valence-corrected chi connectivity index (χ0v) is 14.4. The lowest BCUT2D eigenvalue weighted by Gasteiger charge is -2.22. The highest BCUT2D eigenvalue weighted by Gasteiger charge is 2.18. The van der Waals surface area contributed by atoms with Crippen LogP contribution >= 0.6 is 0 Å². The van der Waals surface area contributed by atoms with Gasteiger partial charge in [0, 0.05) is 6.42 Å². The molecule has 0 N–H and O–H groups in total. The van der Waals surface area contributed by atoms with E-state index in [1.54, 1.807) is 0 Å². The Bertz CT molecular complexity index is 404. The predicted molar refractivity (Wildman–Crippen MR) is 93.1 cm³/mol. The van der Waals surface area contributed by atoms with Crippen molar-refractivity contribution in [3.8, 4) is 12.3 Å². The summed E-state index contributed by atoms with van der Waals surface area (Å²) in [5.74, 6) is 2.68. The second-order valence-corrected chi connectivity index (χ2v) is 6.75. The van der Waals surface area contributed by atoms with Crippen molar-refractivity contribution >= 4 is 0 Å². The van der Waals surface area contributed by atoms with E-state index in [4.69, 9.17) is 6.42 Å². The number of allylic oxidation sites excluding steroid dienone is 2. The largest absolute Gasteiger partial charge is 0.150 e. The number of nitrogens with zero attached hydrogens (tertiary/aromatic N) is 1. The second kappa shape index (κ2) is 10.4. The van der Waals surface area contributed by atoms with Crippen LogP contribution in [0.5, 0.6) is 0 Å². The van der Waals surface area contributed by atoms with Gasteiger partial charge in [-0.25, -0.2) is 0 Å². The Morgan fingerprint density at radius 1 is 1.33 bits per heavy atom. The summed E-state index contributed by atoms with van der Waals surface area (Å²) in [5.41, 5.74) is 2.34. The van der Waals surface area contributed by atoms with Crippen LogP contribution < -0.4 is 0 Å². The highest BCUT2D eigenvalue weighted by Crippen LogP contribution is 2.29. The van der Waals surface area contributed by atoms with Crippen LogP contribution in [-0.4, -0.2) is 6.04 Å². The van der Waals surface area contributed by atoms with Crippen molar-refractivity contribution in [2.24, 2.45) is 10.6 Å². The molecular weight excluding hydrogens is 258 g/mol. The molecule has 21 heavy (non-hydrogen) atoms. The molecule has 1 unspecified atom stereocenters. The Labute approximate surface area is 131 Å². The van der Waals surface area contributed by atoms with E-state index in [9.17, 15) is 4.91 Å². The van der Waals surface area contributed by atoms with Gasteiger partial charge < -0.3 is 0 Å². The standard InChI is InChI=1S/C19H31NO/c1-7-9-10-11-13-16(3)14-18(20-21)15-17(12-8-2)19(4,5)6/h2,13,15,18H,7,9-12,14H2,1,3-6H3/b16-13-,17-15?. The molecule has 2 nitrogen and oxygen atoms in total. The Balaban J connectivity index is 4.76. The van der Waals surface area contributed by atoms with Crippen LogP contribution in [0.25, 0.3) is 0 Å². The van der Waals surface area contributed by atoms with Gasteiger partial charge in [-0.05, 0) is 31.6 Å². The van der Waals surface area contributed by atoms with Crippen LogP contribution in [-0.2, 0) is 0 Å². The monoisotopic (exact) mass is 289 g/mol. The van der Waals surface area contributed by atoms with Gasteiger partial charge in [0.2, 0.25) is 0 Å². The van der Waals surface area contributed by atoms with Crippen molar-refractivity contribution in [1.29, 1.82) is 0 Å². The van der Waals surface area contributed by atoms with Crippen molar-refractivity contribution in [3.05, 3.63) is 28.2 Å². The number of unbranched alkanes of at least 4 members (excludes halogenated alkanes) is 3. The van der Waals surface area contributed by atoms with E-state index in [-0.39, 0.29) is 11.5 Å². The second-order valence-electron chi connectivity index (χ2n) is 6.75. The number of hydrogen-bond acceptors (Lipinski definition) is 2. The van der Waals surface area contributed by atoms with Gasteiger partial charge in [0.1, 0.15) is 6.04 Å². The molecular formula is C19H31NO. The average molecular weight is 289 g/mol. The first-order chi connectivity index (χ1) is 9.85. The van der Waals surface area contributed by atoms with Gasteiger partial charge in [0.15, 0.2) is 0 Å². The molecule has 0 aliphatic carbocycles. The molecule has 0 aliphatic rings. The van der Waals surface area contributed by atoms with E-state index in [0.29, 0.717) is 12.8 Å². The molecule has 0 rings (SSSR count). The van der Waals surface area contributed by atoms with Crippen molar-refractivity contribution in [1.82, 2.24) is 0 Å². The Hall–Kier alpha value is -1.36. The molecule has 0 heterocycles. The van der Waals surface area contributed by atoms with E-state index >= 15 is 0 Å².